The second kappa shape index (κ2) is 9.97. The molecule has 0 saturated carbocycles. The van der Waals surface area contributed by atoms with E-state index >= 15 is 0 Å². The molecule has 2 aliphatic rings. The van der Waals surface area contributed by atoms with E-state index in [1.54, 1.807) is 38.1 Å². The minimum atomic E-state index is -1.33. The second-order valence-electron chi connectivity index (χ2n) is 8.11. The average Bonchev–Trinajstić information content (AvgIpc) is 3.37. The number of halogens is 1. The van der Waals surface area contributed by atoms with Crippen molar-refractivity contribution in [1.82, 2.24) is 15.5 Å². The van der Waals surface area contributed by atoms with E-state index in [1.165, 1.54) is 4.90 Å². The Labute approximate surface area is 193 Å². The zero-order valence-electron chi connectivity index (χ0n) is 17.8. The molecule has 1 aromatic carbocycles. The highest BCUT2D eigenvalue weighted by Crippen LogP contribution is 2.35. The van der Waals surface area contributed by atoms with E-state index in [-0.39, 0.29) is 31.2 Å². The van der Waals surface area contributed by atoms with Crippen LogP contribution in [0.5, 0.6) is 0 Å². The zero-order valence-corrected chi connectivity index (χ0v) is 19.4. The second-order valence-corrected chi connectivity index (χ2v) is 9.03. The largest absolute Gasteiger partial charge is 0.465 e. The van der Waals surface area contributed by atoms with Gasteiger partial charge in [0.15, 0.2) is 11.6 Å². The maximum atomic E-state index is 13.2. The SMILES string of the molecule is CC(C)[C@H](NC(=O)O)C(=O)N1CC2(C[C@H]1C(=O)NCC(=O)c1ccc(Br)cc1)OCCO2. The van der Waals surface area contributed by atoms with Gasteiger partial charge < -0.3 is 30.1 Å². The molecule has 11 heteroatoms. The van der Waals surface area contributed by atoms with Gasteiger partial charge in [-0.05, 0) is 18.1 Å². The molecule has 0 aromatic heterocycles. The summed E-state index contributed by atoms with van der Waals surface area (Å²) in [5, 5.41) is 13.9. The number of amides is 3. The third kappa shape index (κ3) is 5.45. The van der Waals surface area contributed by atoms with Crippen molar-refractivity contribution < 1.29 is 33.8 Å². The Hall–Kier alpha value is -2.50. The lowest BCUT2D eigenvalue weighted by Gasteiger charge is -2.29. The molecule has 0 aliphatic carbocycles. The molecule has 2 aliphatic heterocycles. The first-order valence-electron chi connectivity index (χ1n) is 10.3. The van der Waals surface area contributed by atoms with Crippen LogP contribution in [0.1, 0.15) is 30.6 Å². The van der Waals surface area contributed by atoms with Gasteiger partial charge in [-0.2, -0.15) is 0 Å². The van der Waals surface area contributed by atoms with Gasteiger partial charge >= 0.3 is 6.09 Å². The highest BCUT2D eigenvalue weighted by Gasteiger charge is 2.53. The fraction of sp³-hybridized carbons (Fsp3) is 0.524. The summed E-state index contributed by atoms with van der Waals surface area (Å²) in [5.41, 5.74) is 0.442. The highest BCUT2D eigenvalue weighted by atomic mass is 79.9. The topological polar surface area (TPSA) is 134 Å². The quantitative estimate of drug-likeness (QED) is 0.470. The molecule has 2 fully saturated rings. The van der Waals surface area contributed by atoms with Crippen molar-refractivity contribution in [1.29, 1.82) is 0 Å². The zero-order chi connectivity index (χ0) is 23.5. The molecular weight excluding hydrogens is 486 g/mol. The smallest absolute Gasteiger partial charge is 0.405 e. The molecule has 174 valence electrons. The summed E-state index contributed by atoms with van der Waals surface area (Å²) in [6.07, 6.45) is -1.24. The molecule has 1 aromatic rings. The highest BCUT2D eigenvalue weighted by molar-refractivity contribution is 9.10. The fourth-order valence-corrected chi connectivity index (χ4v) is 4.12. The van der Waals surface area contributed by atoms with Gasteiger partial charge in [0.25, 0.3) is 0 Å². The molecule has 32 heavy (non-hydrogen) atoms. The minimum absolute atomic E-state index is 0.00486. The van der Waals surface area contributed by atoms with Gasteiger partial charge in [0.2, 0.25) is 11.8 Å². The molecule has 3 N–H and O–H groups in total. The lowest BCUT2D eigenvalue weighted by molar-refractivity contribution is -0.153. The summed E-state index contributed by atoms with van der Waals surface area (Å²) < 4.78 is 12.2. The lowest BCUT2D eigenvalue weighted by Crippen LogP contribution is -2.55. The molecule has 2 heterocycles. The number of hydrogen-bond donors (Lipinski definition) is 3. The van der Waals surface area contributed by atoms with Crippen LogP contribution in [0.3, 0.4) is 0 Å². The van der Waals surface area contributed by atoms with Crippen LogP contribution >= 0.6 is 15.9 Å². The van der Waals surface area contributed by atoms with Crippen molar-refractivity contribution in [2.24, 2.45) is 5.92 Å². The van der Waals surface area contributed by atoms with Gasteiger partial charge in [0.05, 0.1) is 26.3 Å². The van der Waals surface area contributed by atoms with E-state index in [0.29, 0.717) is 18.8 Å². The van der Waals surface area contributed by atoms with Gasteiger partial charge in [0.1, 0.15) is 12.1 Å². The molecule has 10 nitrogen and oxygen atoms in total. The Bertz CT molecular complexity index is 884. The van der Waals surface area contributed by atoms with Crippen molar-refractivity contribution in [2.45, 2.75) is 38.1 Å². The summed E-state index contributed by atoms with van der Waals surface area (Å²) >= 11 is 3.30. The van der Waals surface area contributed by atoms with Gasteiger partial charge in [-0.1, -0.05) is 41.9 Å². The van der Waals surface area contributed by atoms with Gasteiger partial charge in [-0.15, -0.1) is 0 Å². The number of carbonyl (C=O) groups excluding carboxylic acids is 3. The van der Waals surface area contributed by atoms with Crippen LogP contribution in [-0.4, -0.2) is 77.9 Å². The maximum Gasteiger partial charge on any atom is 0.405 e. The number of rotatable bonds is 7. The number of hydrogen-bond acceptors (Lipinski definition) is 6. The number of nitrogens with zero attached hydrogens (tertiary/aromatic N) is 1. The number of Topliss-reactive ketones (excluding diaryl/α,β-unsaturated/α-hetero) is 1. The Morgan fingerprint density at radius 2 is 1.81 bits per heavy atom. The third-order valence-electron chi connectivity index (χ3n) is 5.49. The summed E-state index contributed by atoms with van der Waals surface area (Å²) in [5.74, 6) is -2.81. The number of carboxylic acid groups (broad SMARTS) is 1. The lowest BCUT2D eigenvalue weighted by atomic mass is 10.0. The fourth-order valence-electron chi connectivity index (χ4n) is 3.86. The molecular formula is C21H26BrN3O7. The predicted octanol–water partition coefficient (Wildman–Crippen LogP) is 1.38. The van der Waals surface area contributed by atoms with E-state index in [2.05, 4.69) is 26.6 Å². The van der Waals surface area contributed by atoms with Crippen LogP contribution in [0.4, 0.5) is 4.79 Å². The first kappa shape index (κ1) is 24.1. The summed E-state index contributed by atoms with van der Waals surface area (Å²) in [7, 11) is 0. The molecule has 0 radical (unpaired) electrons. The summed E-state index contributed by atoms with van der Waals surface area (Å²) in [6, 6.07) is 4.74. The average molecular weight is 512 g/mol. The number of nitrogens with one attached hydrogen (secondary N) is 2. The van der Waals surface area contributed by atoms with Crippen LogP contribution in [0.15, 0.2) is 28.7 Å². The molecule has 3 rings (SSSR count). The van der Waals surface area contributed by atoms with Crippen LogP contribution in [-0.2, 0) is 19.1 Å². The molecule has 2 saturated heterocycles. The molecule has 3 amide bonds. The van der Waals surface area contributed by atoms with Crippen molar-refractivity contribution in [2.75, 3.05) is 26.3 Å². The Morgan fingerprint density at radius 1 is 1.19 bits per heavy atom. The van der Waals surface area contributed by atoms with E-state index in [1.807, 2.05) is 0 Å². The first-order valence-corrected chi connectivity index (χ1v) is 11.1. The Balaban J connectivity index is 1.74. The third-order valence-corrected chi connectivity index (χ3v) is 6.02. The summed E-state index contributed by atoms with van der Waals surface area (Å²) in [4.78, 5) is 51.1. The normalized spacial score (nSPS) is 20.4. The van der Waals surface area contributed by atoms with Crippen LogP contribution < -0.4 is 10.6 Å². The molecule has 0 bridgehead atoms. The van der Waals surface area contributed by atoms with Gasteiger partial charge in [-0.3, -0.25) is 14.4 Å². The van der Waals surface area contributed by atoms with Crippen LogP contribution in [0, 0.1) is 5.92 Å². The standard InChI is InChI=1S/C21H26BrN3O7/c1-12(2)17(24-20(29)30)19(28)25-11-21(31-7-8-32-21)9-15(25)18(27)23-10-16(26)13-3-5-14(22)6-4-13/h3-6,12,15,17,24H,7-11H2,1-2H3,(H,23,27)(H,29,30)/t15-,17-/m0/s1. The van der Waals surface area contributed by atoms with E-state index in [0.717, 1.165) is 4.47 Å². The minimum Gasteiger partial charge on any atom is -0.465 e. The molecule has 1 spiro atoms. The number of ketones is 1. The maximum absolute atomic E-state index is 13.2. The predicted molar refractivity (Wildman–Crippen MR) is 116 cm³/mol. The molecule has 0 unspecified atom stereocenters. The van der Waals surface area contributed by atoms with E-state index in [4.69, 9.17) is 14.6 Å². The number of ether oxygens (including phenoxy) is 2. The van der Waals surface area contributed by atoms with E-state index in [9.17, 15) is 19.2 Å². The van der Waals surface area contributed by atoms with Crippen molar-refractivity contribution >= 4 is 39.6 Å². The Morgan fingerprint density at radius 3 is 2.38 bits per heavy atom. The number of likely N-dealkylation sites (tertiary alicyclic amines) is 1. The Kier molecular flexibility index (Phi) is 7.52. The first-order chi connectivity index (χ1) is 15.1. The van der Waals surface area contributed by atoms with Crippen molar-refractivity contribution in [3.63, 3.8) is 0 Å². The number of benzene rings is 1. The van der Waals surface area contributed by atoms with Crippen LogP contribution in [0.2, 0.25) is 0 Å². The number of carbonyl (C=O) groups is 4. The van der Waals surface area contributed by atoms with Gasteiger partial charge in [0, 0.05) is 16.5 Å². The summed E-state index contributed by atoms with van der Waals surface area (Å²) in [6.45, 7) is 3.83. The van der Waals surface area contributed by atoms with E-state index < -0.39 is 35.8 Å². The van der Waals surface area contributed by atoms with Crippen molar-refractivity contribution in [3.05, 3.63) is 34.3 Å². The molecule has 2 atom stereocenters. The van der Waals surface area contributed by atoms with Crippen molar-refractivity contribution in [3.8, 4) is 0 Å². The van der Waals surface area contributed by atoms with Gasteiger partial charge in [-0.25, -0.2) is 4.79 Å². The monoisotopic (exact) mass is 511 g/mol. The van der Waals surface area contributed by atoms with Crippen LogP contribution in [0.25, 0.3) is 0 Å².